The van der Waals surface area contributed by atoms with Gasteiger partial charge in [-0.25, -0.2) is 15.0 Å². The predicted molar refractivity (Wildman–Crippen MR) is 142 cm³/mol. The number of benzene rings is 1. The summed E-state index contributed by atoms with van der Waals surface area (Å²) in [6, 6.07) is 9.48. The summed E-state index contributed by atoms with van der Waals surface area (Å²) < 4.78 is 0. The Balaban J connectivity index is 1.44. The monoisotopic (exact) mass is 505 g/mol. The molecule has 0 unspecified atom stereocenters. The van der Waals surface area contributed by atoms with Crippen LogP contribution in [0.25, 0.3) is 21.6 Å². The maximum atomic E-state index is 14.0. The van der Waals surface area contributed by atoms with E-state index in [0.717, 1.165) is 71.6 Å². The summed E-state index contributed by atoms with van der Waals surface area (Å²) in [5.41, 5.74) is 2.61. The lowest BCUT2D eigenvalue weighted by molar-refractivity contribution is -0.140. The third-order valence-corrected chi connectivity index (χ3v) is 8.89. The lowest BCUT2D eigenvalue weighted by Gasteiger charge is -2.35. The first-order chi connectivity index (χ1) is 17.6. The Morgan fingerprint density at radius 3 is 2.61 bits per heavy atom. The van der Waals surface area contributed by atoms with Crippen LogP contribution in [-0.2, 0) is 9.59 Å². The molecule has 8 heteroatoms. The first-order valence-corrected chi connectivity index (χ1v) is 14.2. The number of hydrogen-bond donors (Lipinski definition) is 1. The summed E-state index contributed by atoms with van der Waals surface area (Å²) in [7, 11) is 0. The third kappa shape index (κ3) is 5.01. The highest BCUT2D eigenvalue weighted by atomic mass is 32.1. The highest BCUT2D eigenvalue weighted by Gasteiger charge is 2.40. The Kier molecular flexibility index (Phi) is 7.60. The quantitative estimate of drug-likeness (QED) is 0.456. The van der Waals surface area contributed by atoms with E-state index >= 15 is 0 Å². The molecule has 0 spiro atoms. The number of amides is 2. The van der Waals surface area contributed by atoms with Crippen molar-refractivity contribution in [1.82, 2.24) is 25.2 Å². The number of aromatic nitrogens is 3. The molecule has 2 fully saturated rings. The Bertz CT molecular complexity index is 1210. The van der Waals surface area contributed by atoms with Gasteiger partial charge in [0.2, 0.25) is 11.8 Å². The average molecular weight is 506 g/mol. The standard InChI is InChI=1S/C28H35N5O2S/c1-3-18(2)25(34)31-23(20-13-8-5-9-14-20)28(35)33-16-10-15-21(33)26-32-24-22(19-11-6-4-7-12-19)29-17-30-27(24)36-26/h4,6-7,11-12,17-18,20-21,23H,3,5,8-10,13-16H2,1-2H3,(H,31,34)/t18-,21-,23+/m1/s1. The van der Waals surface area contributed by atoms with Crippen molar-refractivity contribution in [3.8, 4) is 11.3 Å². The van der Waals surface area contributed by atoms with Crippen molar-refractivity contribution in [3.63, 3.8) is 0 Å². The smallest absolute Gasteiger partial charge is 0.246 e. The van der Waals surface area contributed by atoms with Gasteiger partial charge in [-0.05, 0) is 38.0 Å². The summed E-state index contributed by atoms with van der Waals surface area (Å²) in [4.78, 5) is 43.7. The van der Waals surface area contributed by atoms with Crippen LogP contribution in [0.2, 0.25) is 0 Å². The minimum absolute atomic E-state index is 0.0139. The zero-order valence-electron chi connectivity index (χ0n) is 21.2. The van der Waals surface area contributed by atoms with Gasteiger partial charge in [-0.3, -0.25) is 9.59 Å². The van der Waals surface area contributed by atoms with Crippen molar-refractivity contribution < 1.29 is 9.59 Å². The second kappa shape index (κ2) is 11.0. The first-order valence-electron chi connectivity index (χ1n) is 13.3. The van der Waals surface area contributed by atoms with Crippen LogP contribution in [0.4, 0.5) is 0 Å². The van der Waals surface area contributed by atoms with Crippen molar-refractivity contribution in [2.75, 3.05) is 6.54 Å². The topological polar surface area (TPSA) is 88.1 Å². The molecule has 0 bridgehead atoms. The van der Waals surface area contributed by atoms with E-state index in [1.807, 2.05) is 49.1 Å². The molecule has 190 valence electrons. The van der Waals surface area contributed by atoms with Gasteiger partial charge in [0.1, 0.15) is 33.4 Å². The zero-order valence-corrected chi connectivity index (χ0v) is 22.0. The minimum Gasteiger partial charge on any atom is -0.344 e. The molecule has 3 atom stereocenters. The fourth-order valence-electron chi connectivity index (χ4n) is 5.52. The highest BCUT2D eigenvalue weighted by molar-refractivity contribution is 7.18. The fourth-order valence-corrected chi connectivity index (χ4v) is 6.57. The van der Waals surface area contributed by atoms with Crippen LogP contribution in [0.5, 0.6) is 0 Å². The summed E-state index contributed by atoms with van der Waals surface area (Å²) in [5.74, 6) is 0.138. The molecule has 3 aromatic rings. The van der Waals surface area contributed by atoms with Crippen LogP contribution in [0, 0.1) is 11.8 Å². The lowest BCUT2D eigenvalue weighted by Crippen LogP contribution is -2.53. The van der Waals surface area contributed by atoms with Crippen LogP contribution in [-0.4, -0.2) is 44.3 Å². The van der Waals surface area contributed by atoms with Crippen LogP contribution < -0.4 is 5.32 Å². The number of rotatable bonds is 7. The number of nitrogens with zero attached hydrogens (tertiary/aromatic N) is 4. The highest BCUT2D eigenvalue weighted by Crippen LogP contribution is 2.39. The molecule has 7 nitrogen and oxygen atoms in total. The maximum Gasteiger partial charge on any atom is 0.246 e. The van der Waals surface area contributed by atoms with Gasteiger partial charge in [0, 0.05) is 18.0 Å². The molecule has 2 aliphatic rings. The van der Waals surface area contributed by atoms with Crippen molar-refractivity contribution in [3.05, 3.63) is 41.7 Å². The molecular weight excluding hydrogens is 470 g/mol. The summed E-state index contributed by atoms with van der Waals surface area (Å²) in [6.07, 6.45) is 9.59. The molecule has 1 aliphatic heterocycles. The second-order valence-electron chi connectivity index (χ2n) is 10.2. The largest absolute Gasteiger partial charge is 0.344 e. The molecule has 2 aromatic heterocycles. The molecule has 0 radical (unpaired) electrons. The zero-order chi connectivity index (χ0) is 25.1. The Labute approximate surface area is 216 Å². The van der Waals surface area contributed by atoms with E-state index in [1.165, 1.54) is 6.42 Å². The van der Waals surface area contributed by atoms with Gasteiger partial charge >= 0.3 is 0 Å². The lowest BCUT2D eigenvalue weighted by atomic mass is 9.83. The van der Waals surface area contributed by atoms with Crippen LogP contribution in [0.15, 0.2) is 36.7 Å². The summed E-state index contributed by atoms with van der Waals surface area (Å²) in [6.45, 7) is 4.64. The molecule has 1 aromatic carbocycles. The number of hydrogen-bond acceptors (Lipinski definition) is 6. The number of nitrogens with one attached hydrogen (secondary N) is 1. The fraction of sp³-hybridized carbons (Fsp3) is 0.536. The van der Waals surface area contributed by atoms with E-state index in [9.17, 15) is 9.59 Å². The van der Waals surface area contributed by atoms with E-state index in [1.54, 1.807) is 17.7 Å². The second-order valence-corrected chi connectivity index (χ2v) is 11.2. The number of carbonyl (C=O) groups excluding carboxylic acids is 2. The van der Waals surface area contributed by atoms with Gasteiger partial charge < -0.3 is 10.2 Å². The van der Waals surface area contributed by atoms with Crippen molar-refractivity contribution in [1.29, 1.82) is 0 Å². The van der Waals surface area contributed by atoms with Gasteiger partial charge in [-0.15, -0.1) is 0 Å². The van der Waals surface area contributed by atoms with Gasteiger partial charge in [0.25, 0.3) is 0 Å². The molecule has 3 heterocycles. The number of likely N-dealkylation sites (tertiary alicyclic amines) is 1. The normalized spacial score (nSPS) is 20.4. The molecule has 36 heavy (non-hydrogen) atoms. The SMILES string of the molecule is CC[C@@H](C)C(=O)N[C@H](C(=O)N1CCC[C@@H]1c1nc2c(-c3ccccc3)ncnc2s1)C1CCCCC1. The van der Waals surface area contributed by atoms with Gasteiger partial charge in [-0.1, -0.05) is 74.8 Å². The molecule has 1 saturated carbocycles. The van der Waals surface area contributed by atoms with Gasteiger partial charge in [0.05, 0.1) is 6.04 Å². The summed E-state index contributed by atoms with van der Waals surface area (Å²) >= 11 is 1.55. The molecule has 2 amide bonds. The van der Waals surface area contributed by atoms with Crippen molar-refractivity contribution in [2.24, 2.45) is 11.8 Å². The number of fused-ring (bicyclic) bond motifs is 1. The van der Waals surface area contributed by atoms with Crippen LogP contribution in [0.3, 0.4) is 0 Å². The molecular formula is C28H35N5O2S. The van der Waals surface area contributed by atoms with Crippen LogP contribution in [0.1, 0.15) is 76.3 Å². The molecule has 1 saturated heterocycles. The predicted octanol–water partition coefficient (Wildman–Crippen LogP) is 5.53. The molecule has 5 rings (SSSR count). The Morgan fingerprint density at radius 2 is 1.86 bits per heavy atom. The molecule has 1 N–H and O–H groups in total. The van der Waals surface area contributed by atoms with Crippen LogP contribution >= 0.6 is 11.3 Å². The van der Waals surface area contributed by atoms with E-state index in [4.69, 9.17) is 4.98 Å². The first kappa shape index (κ1) is 24.8. The van der Waals surface area contributed by atoms with E-state index in [0.29, 0.717) is 6.54 Å². The number of thiazole rings is 1. The molecule has 1 aliphatic carbocycles. The Hall–Kier alpha value is -2.87. The third-order valence-electron chi connectivity index (χ3n) is 7.83. The minimum atomic E-state index is -0.457. The average Bonchev–Trinajstić information content (AvgIpc) is 3.59. The maximum absolute atomic E-state index is 14.0. The van der Waals surface area contributed by atoms with E-state index < -0.39 is 6.04 Å². The van der Waals surface area contributed by atoms with Crippen molar-refractivity contribution in [2.45, 2.75) is 77.3 Å². The Morgan fingerprint density at radius 1 is 1.08 bits per heavy atom. The van der Waals surface area contributed by atoms with Gasteiger partial charge in [-0.2, -0.15) is 0 Å². The van der Waals surface area contributed by atoms with Gasteiger partial charge in [0.15, 0.2) is 0 Å². The van der Waals surface area contributed by atoms with Crippen molar-refractivity contribution >= 4 is 33.5 Å². The van der Waals surface area contributed by atoms with E-state index in [-0.39, 0.29) is 29.7 Å². The number of carbonyl (C=O) groups is 2. The van der Waals surface area contributed by atoms with E-state index in [2.05, 4.69) is 15.3 Å². The summed E-state index contributed by atoms with van der Waals surface area (Å²) in [5, 5.41) is 4.08.